The molecule has 9 nitrogen and oxygen atoms in total. The second kappa shape index (κ2) is 13.2. The Labute approximate surface area is 225 Å². The Morgan fingerprint density at radius 3 is 2.26 bits per heavy atom. The molecule has 1 aromatic carbocycles. The fourth-order valence-electron chi connectivity index (χ4n) is 5.58. The molecule has 2 aliphatic rings. The van der Waals surface area contributed by atoms with E-state index < -0.39 is 11.9 Å². The number of benzene rings is 1. The van der Waals surface area contributed by atoms with E-state index in [4.69, 9.17) is 10.7 Å². The van der Waals surface area contributed by atoms with Crippen molar-refractivity contribution in [1.29, 1.82) is 10.5 Å². The number of amides is 1. The van der Waals surface area contributed by atoms with Gasteiger partial charge in [0.05, 0.1) is 11.1 Å². The van der Waals surface area contributed by atoms with Crippen LogP contribution in [0.5, 0.6) is 0 Å². The number of carbonyl (C=O) groups excluding carboxylic acids is 1. The third-order valence-electron chi connectivity index (χ3n) is 7.59. The van der Waals surface area contributed by atoms with Gasteiger partial charge in [0, 0.05) is 19.6 Å². The maximum absolute atomic E-state index is 12.4. The number of rotatable bonds is 10. The van der Waals surface area contributed by atoms with Gasteiger partial charge in [-0.15, -0.1) is 0 Å². The van der Waals surface area contributed by atoms with E-state index >= 15 is 0 Å². The summed E-state index contributed by atoms with van der Waals surface area (Å²) in [4.78, 5) is 24.4. The van der Waals surface area contributed by atoms with Crippen LogP contribution < -0.4 is 16.0 Å². The normalized spacial score (nSPS) is 17.4. The van der Waals surface area contributed by atoms with Crippen LogP contribution in [0, 0.1) is 22.7 Å². The first kappa shape index (κ1) is 27.4. The van der Waals surface area contributed by atoms with Crippen molar-refractivity contribution in [3.05, 3.63) is 52.6 Å². The quantitative estimate of drug-likeness (QED) is 0.496. The first-order valence-electron chi connectivity index (χ1n) is 13.7. The first-order valence-corrected chi connectivity index (χ1v) is 13.7. The molecule has 9 heteroatoms. The maximum Gasteiger partial charge on any atom is 0.244 e. The summed E-state index contributed by atoms with van der Waals surface area (Å²) in [5, 5.41) is 23.3. The molecule has 0 spiro atoms. The zero-order valence-corrected chi connectivity index (χ0v) is 22.3. The Balaban J connectivity index is 1.57. The molecule has 3 N–H and O–H groups in total. The number of nitriles is 2. The minimum Gasteiger partial charge on any atom is -0.368 e. The van der Waals surface area contributed by atoms with Crippen LogP contribution in [0.25, 0.3) is 0 Å². The maximum atomic E-state index is 12.4. The summed E-state index contributed by atoms with van der Waals surface area (Å²) < 4.78 is 0. The number of likely N-dealkylation sites (tertiary alicyclic amines) is 1. The number of hydrogen-bond donors (Lipinski definition) is 2. The molecule has 1 unspecified atom stereocenters. The van der Waals surface area contributed by atoms with Gasteiger partial charge in [-0.25, -0.2) is 4.98 Å². The van der Waals surface area contributed by atoms with E-state index in [2.05, 4.69) is 32.2 Å². The summed E-state index contributed by atoms with van der Waals surface area (Å²) in [6.45, 7) is 10.0. The summed E-state index contributed by atoms with van der Waals surface area (Å²) in [6.07, 6.45) is 5.27. The Morgan fingerprint density at radius 1 is 0.974 bits per heavy atom. The van der Waals surface area contributed by atoms with Gasteiger partial charge in [-0.1, -0.05) is 37.3 Å². The van der Waals surface area contributed by atoms with Crippen LogP contribution in [0.1, 0.15) is 60.9 Å². The molecular weight excluding hydrogens is 476 g/mol. The van der Waals surface area contributed by atoms with Gasteiger partial charge in [0.15, 0.2) is 0 Å². The van der Waals surface area contributed by atoms with E-state index in [0.717, 1.165) is 45.7 Å². The van der Waals surface area contributed by atoms with Crippen molar-refractivity contribution in [2.24, 2.45) is 5.73 Å². The molecule has 4 rings (SSSR count). The van der Waals surface area contributed by atoms with E-state index in [9.17, 15) is 15.3 Å². The molecule has 200 valence electrons. The van der Waals surface area contributed by atoms with Crippen molar-refractivity contribution in [3.63, 3.8) is 0 Å². The smallest absolute Gasteiger partial charge is 0.244 e. The van der Waals surface area contributed by atoms with Crippen molar-refractivity contribution < 1.29 is 4.79 Å². The highest BCUT2D eigenvalue weighted by Gasteiger charge is 2.27. The molecule has 3 heterocycles. The lowest BCUT2D eigenvalue weighted by molar-refractivity contribution is -0.118. The lowest BCUT2D eigenvalue weighted by atomic mass is 9.99. The molecule has 38 heavy (non-hydrogen) atoms. The highest BCUT2D eigenvalue weighted by molar-refractivity contribution is 5.85. The van der Waals surface area contributed by atoms with Gasteiger partial charge in [0.2, 0.25) is 5.91 Å². The number of carbonyl (C=O) groups is 1. The molecule has 0 bridgehead atoms. The largest absolute Gasteiger partial charge is 0.368 e. The summed E-state index contributed by atoms with van der Waals surface area (Å²) >= 11 is 0. The van der Waals surface area contributed by atoms with Crippen LogP contribution in [-0.2, 0) is 11.2 Å². The third kappa shape index (κ3) is 6.42. The van der Waals surface area contributed by atoms with Crippen molar-refractivity contribution in [2.75, 3.05) is 62.6 Å². The lowest BCUT2D eigenvalue weighted by Gasteiger charge is -2.27. The number of hydrogen-bond acceptors (Lipinski definition) is 8. The second-order valence-electron chi connectivity index (χ2n) is 10.1. The average Bonchev–Trinajstić information content (AvgIpc) is 3.35. The molecule has 2 fully saturated rings. The molecule has 0 saturated carbocycles. The van der Waals surface area contributed by atoms with Crippen LogP contribution >= 0.6 is 0 Å². The Kier molecular flexibility index (Phi) is 9.53. The summed E-state index contributed by atoms with van der Waals surface area (Å²) in [5.74, 6) is 0.295. The van der Waals surface area contributed by atoms with Crippen molar-refractivity contribution in [2.45, 2.75) is 45.1 Å². The van der Waals surface area contributed by atoms with Gasteiger partial charge >= 0.3 is 0 Å². The number of nitrogens with two attached hydrogens (primary N) is 1. The van der Waals surface area contributed by atoms with Crippen molar-refractivity contribution in [1.82, 2.24) is 14.8 Å². The van der Waals surface area contributed by atoms with Gasteiger partial charge in [-0.05, 0) is 76.0 Å². The predicted molar refractivity (Wildman–Crippen MR) is 149 cm³/mol. The molecule has 1 amide bonds. The molecule has 2 saturated heterocycles. The average molecular weight is 515 g/mol. The highest BCUT2D eigenvalue weighted by Crippen LogP contribution is 2.32. The molecular formula is C29H38N8O. The first-order chi connectivity index (χ1) is 18.5. The van der Waals surface area contributed by atoms with Crippen LogP contribution in [0.2, 0.25) is 0 Å². The fraction of sp³-hybridized carbons (Fsp3) is 0.517. The van der Waals surface area contributed by atoms with Crippen LogP contribution in [0.15, 0.2) is 30.3 Å². The van der Waals surface area contributed by atoms with Gasteiger partial charge in [-0.3, -0.25) is 4.79 Å². The van der Waals surface area contributed by atoms with E-state index in [1.165, 1.54) is 32.4 Å². The molecule has 2 aliphatic heterocycles. The van der Waals surface area contributed by atoms with E-state index in [1.54, 1.807) is 0 Å². The number of primary amides is 1. The minimum absolute atomic E-state index is 0.286. The molecule has 0 radical (unpaired) electrons. The van der Waals surface area contributed by atoms with Crippen LogP contribution in [-0.4, -0.2) is 73.0 Å². The summed E-state index contributed by atoms with van der Waals surface area (Å²) in [6, 6.07) is 12.9. The summed E-state index contributed by atoms with van der Waals surface area (Å²) in [7, 11) is 0. The SMILES string of the molecule is CCc1c(C#N)c(NC(C(N)=O)c2ccccc2)nc(N2CCCN(CCCN3CCCC3)CC2)c1C#N. The number of anilines is 2. The number of nitrogens with zero attached hydrogens (tertiary/aromatic N) is 6. The topological polar surface area (TPSA) is 125 Å². The van der Waals surface area contributed by atoms with Gasteiger partial charge in [-0.2, -0.15) is 10.5 Å². The molecule has 0 aliphatic carbocycles. The minimum atomic E-state index is -0.850. The van der Waals surface area contributed by atoms with E-state index in [-0.39, 0.29) is 11.4 Å². The number of aromatic nitrogens is 1. The van der Waals surface area contributed by atoms with Crippen LogP contribution in [0.4, 0.5) is 11.6 Å². The Morgan fingerprint density at radius 2 is 1.63 bits per heavy atom. The van der Waals surface area contributed by atoms with Crippen molar-refractivity contribution in [3.8, 4) is 12.1 Å². The summed E-state index contributed by atoms with van der Waals surface area (Å²) in [5.41, 5.74) is 7.80. The standard InChI is InChI=1S/C29H38N8O/c1-2-23-24(20-30)28(33-26(27(32)38)22-10-4-3-5-11-22)34-29(25(23)21-31)37-17-9-16-36(18-19-37)15-8-14-35-12-6-7-13-35/h3-5,10-11,26H,2,6-9,12-19H2,1H3,(H2,32,38)(H,33,34). The molecule has 1 atom stereocenters. The van der Waals surface area contributed by atoms with Crippen molar-refractivity contribution >= 4 is 17.5 Å². The predicted octanol–water partition coefficient (Wildman–Crippen LogP) is 3.02. The van der Waals surface area contributed by atoms with Gasteiger partial charge in [0.1, 0.15) is 29.8 Å². The number of pyridine rings is 1. The van der Waals surface area contributed by atoms with Gasteiger partial charge in [0.25, 0.3) is 0 Å². The van der Waals surface area contributed by atoms with Crippen LogP contribution in [0.3, 0.4) is 0 Å². The van der Waals surface area contributed by atoms with Gasteiger partial charge < -0.3 is 25.8 Å². The highest BCUT2D eigenvalue weighted by atomic mass is 16.1. The third-order valence-corrected chi connectivity index (χ3v) is 7.59. The molecule has 1 aromatic heterocycles. The zero-order chi connectivity index (χ0) is 26.9. The zero-order valence-electron chi connectivity index (χ0n) is 22.3. The number of nitrogens with one attached hydrogen (secondary N) is 1. The lowest BCUT2D eigenvalue weighted by Crippen LogP contribution is -2.34. The molecule has 2 aromatic rings. The Hall–Kier alpha value is -3.66. The second-order valence-corrected chi connectivity index (χ2v) is 10.1. The van der Waals surface area contributed by atoms with E-state index in [0.29, 0.717) is 28.9 Å². The Bertz CT molecular complexity index is 1180. The monoisotopic (exact) mass is 514 g/mol. The van der Waals surface area contributed by atoms with E-state index in [1.807, 2.05) is 37.3 Å². The fourth-order valence-corrected chi connectivity index (χ4v) is 5.58.